The molecule has 0 aliphatic carbocycles. The Morgan fingerprint density at radius 2 is 1.48 bits per heavy atom. The van der Waals surface area contributed by atoms with Crippen molar-refractivity contribution >= 4 is 15.9 Å². The lowest BCUT2D eigenvalue weighted by molar-refractivity contribution is -0.118. The third-order valence-electron chi connectivity index (χ3n) is 2.91. The molecule has 2 N–H and O–H groups in total. The highest BCUT2D eigenvalue weighted by atomic mass is 32.2. The molecule has 0 saturated carbocycles. The van der Waals surface area contributed by atoms with Crippen LogP contribution in [0.25, 0.3) is 0 Å². The van der Waals surface area contributed by atoms with Gasteiger partial charge in [-0.3, -0.25) is 4.79 Å². The standard InChI is InChI=1S/C15H16N2O3S/c16-15(18)12-17(11-13-7-3-1-4-8-13)21(19,20)14-9-5-2-6-10-14/h1-10H,11-12H2,(H2,16,18). The molecule has 0 fully saturated rings. The van der Waals surface area contributed by atoms with E-state index >= 15 is 0 Å². The van der Waals surface area contributed by atoms with Crippen LogP contribution in [-0.4, -0.2) is 25.2 Å². The summed E-state index contributed by atoms with van der Waals surface area (Å²) < 4.78 is 26.3. The van der Waals surface area contributed by atoms with Crippen molar-refractivity contribution in [2.75, 3.05) is 6.54 Å². The van der Waals surface area contributed by atoms with Gasteiger partial charge in [-0.25, -0.2) is 8.42 Å². The Morgan fingerprint density at radius 3 is 2.00 bits per heavy atom. The van der Waals surface area contributed by atoms with Crippen LogP contribution < -0.4 is 5.73 Å². The number of benzene rings is 2. The second-order valence-electron chi connectivity index (χ2n) is 4.54. The van der Waals surface area contributed by atoms with Crippen molar-refractivity contribution in [1.82, 2.24) is 4.31 Å². The van der Waals surface area contributed by atoms with E-state index in [1.165, 1.54) is 12.1 Å². The highest BCUT2D eigenvalue weighted by Crippen LogP contribution is 2.17. The van der Waals surface area contributed by atoms with Gasteiger partial charge < -0.3 is 5.73 Å². The number of nitrogens with zero attached hydrogens (tertiary/aromatic N) is 1. The maximum atomic E-state index is 12.6. The van der Waals surface area contributed by atoms with E-state index in [2.05, 4.69) is 0 Å². The SMILES string of the molecule is NC(=O)CN(Cc1ccccc1)S(=O)(=O)c1ccccc1. The lowest BCUT2D eigenvalue weighted by Gasteiger charge is -2.20. The zero-order valence-electron chi connectivity index (χ0n) is 11.3. The maximum absolute atomic E-state index is 12.6. The fourth-order valence-electron chi connectivity index (χ4n) is 1.93. The van der Waals surface area contributed by atoms with Gasteiger partial charge in [-0.05, 0) is 17.7 Å². The second kappa shape index (κ2) is 6.51. The highest BCUT2D eigenvalue weighted by molar-refractivity contribution is 7.89. The lowest BCUT2D eigenvalue weighted by Crippen LogP contribution is -2.37. The van der Waals surface area contributed by atoms with Gasteiger partial charge >= 0.3 is 0 Å². The second-order valence-corrected chi connectivity index (χ2v) is 6.48. The van der Waals surface area contributed by atoms with Gasteiger partial charge in [0.15, 0.2) is 0 Å². The topological polar surface area (TPSA) is 80.5 Å². The van der Waals surface area contributed by atoms with Crippen LogP contribution in [0.15, 0.2) is 65.6 Å². The molecule has 0 heterocycles. The van der Waals surface area contributed by atoms with E-state index in [1.54, 1.807) is 30.3 Å². The number of nitrogens with two attached hydrogens (primary N) is 1. The average Bonchev–Trinajstić information content (AvgIpc) is 2.48. The number of carbonyl (C=O) groups is 1. The molecular weight excluding hydrogens is 288 g/mol. The van der Waals surface area contributed by atoms with Gasteiger partial charge in [0.05, 0.1) is 11.4 Å². The summed E-state index contributed by atoms with van der Waals surface area (Å²) in [6, 6.07) is 17.1. The van der Waals surface area contributed by atoms with Crippen LogP contribution in [-0.2, 0) is 21.4 Å². The van der Waals surface area contributed by atoms with Crippen molar-refractivity contribution < 1.29 is 13.2 Å². The van der Waals surface area contributed by atoms with Crippen molar-refractivity contribution in [2.24, 2.45) is 5.73 Å². The molecule has 0 saturated heterocycles. The molecule has 0 aliphatic rings. The van der Waals surface area contributed by atoms with E-state index in [0.717, 1.165) is 9.87 Å². The minimum absolute atomic E-state index is 0.0982. The third kappa shape index (κ3) is 3.90. The Kier molecular flexibility index (Phi) is 4.72. The Bertz CT molecular complexity index is 700. The van der Waals surface area contributed by atoms with Crippen molar-refractivity contribution in [3.8, 4) is 0 Å². The van der Waals surface area contributed by atoms with Crippen LogP contribution in [0.1, 0.15) is 5.56 Å². The zero-order valence-corrected chi connectivity index (χ0v) is 12.2. The number of hydrogen-bond donors (Lipinski definition) is 1. The molecule has 0 aliphatic heterocycles. The first kappa shape index (κ1) is 15.2. The minimum atomic E-state index is -3.76. The van der Waals surface area contributed by atoms with E-state index in [0.29, 0.717) is 0 Å². The van der Waals surface area contributed by atoms with Crippen LogP contribution >= 0.6 is 0 Å². The van der Waals surface area contributed by atoms with E-state index in [4.69, 9.17) is 5.73 Å². The van der Waals surface area contributed by atoms with Crippen LogP contribution in [0.4, 0.5) is 0 Å². The van der Waals surface area contributed by atoms with Gasteiger partial charge in [0.1, 0.15) is 0 Å². The first-order valence-electron chi connectivity index (χ1n) is 6.37. The van der Waals surface area contributed by atoms with Gasteiger partial charge in [0, 0.05) is 6.54 Å². The third-order valence-corrected chi connectivity index (χ3v) is 4.72. The fourth-order valence-corrected chi connectivity index (χ4v) is 3.34. The molecule has 0 atom stereocenters. The number of primary amides is 1. The van der Waals surface area contributed by atoms with E-state index < -0.39 is 15.9 Å². The lowest BCUT2D eigenvalue weighted by atomic mass is 10.2. The van der Waals surface area contributed by atoms with E-state index in [-0.39, 0.29) is 18.0 Å². The summed E-state index contributed by atoms with van der Waals surface area (Å²) in [4.78, 5) is 11.3. The highest BCUT2D eigenvalue weighted by Gasteiger charge is 2.25. The predicted octanol–water partition coefficient (Wildman–Crippen LogP) is 1.36. The number of rotatable bonds is 6. The van der Waals surface area contributed by atoms with Gasteiger partial charge in [0.2, 0.25) is 15.9 Å². The molecule has 2 rings (SSSR count). The van der Waals surface area contributed by atoms with Crippen molar-refractivity contribution in [3.05, 3.63) is 66.2 Å². The zero-order chi connectivity index (χ0) is 15.3. The average molecular weight is 304 g/mol. The predicted molar refractivity (Wildman–Crippen MR) is 79.7 cm³/mol. The molecule has 2 aromatic carbocycles. The van der Waals surface area contributed by atoms with Crippen LogP contribution in [0, 0.1) is 0 Å². The molecule has 0 radical (unpaired) electrons. The molecule has 0 unspecified atom stereocenters. The summed E-state index contributed by atoms with van der Waals surface area (Å²) in [5, 5.41) is 0. The molecular formula is C15H16N2O3S. The number of carbonyl (C=O) groups excluding carboxylic acids is 1. The first-order chi connectivity index (χ1) is 10.00. The maximum Gasteiger partial charge on any atom is 0.243 e. The van der Waals surface area contributed by atoms with Crippen LogP contribution in [0.3, 0.4) is 0 Å². The van der Waals surface area contributed by atoms with Gasteiger partial charge in [0.25, 0.3) is 0 Å². The molecule has 21 heavy (non-hydrogen) atoms. The largest absolute Gasteiger partial charge is 0.369 e. The van der Waals surface area contributed by atoms with Gasteiger partial charge in [-0.15, -0.1) is 0 Å². The number of hydrogen-bond acceptors (Lipinski definition) is 3. The quantitative estimate of drug-likeness (QED) is 0.875. The van der Waals surface area contributed by atoms with Crippen molar-refractivity contribution in [3.63, 3.8) is 0 Å². The summed E-state index contributed by atoms with van der Waals surface area (Å²) >= 11 is 0. The molecule has 2 aromatic rings. The Morgan fingerprint density at radius 1 is 0.952 bits per heavy atom. The van der Waals surface area contributed by atoms with E-state index in [9.17, 15) is 13.2 Å². The summed E-state index contributed by atoms with van der Waals surface area (Å²) in [6.07, 6.45) is 0. The molecule has 0 spiro atoms. The molecule has 6 heteroatoms. The molecule has 5 nitrogen and oxygen atoms in total. The molecule has 1 amide bonds. The van der Waals surface area contributed by atoms with Gasteiger partial charge in [-0.2, -0.15) is 4.31 Å². The van der Waals surface area contributed by atoms with E-state index in [1.807, 2.05) is 18.2 Å². The molecule has 0 aromatic heterocycles. The summed E-state index contributed by atoms with van der Waals surface area (Å²) in [5.41, 5.74) is 5.97. The number of sulfonamides is 1. The van der Waals surface area contributed by atoms with Gasteiger partial charge in [-0.1, -0.05) is 48.5 Å². The van der Waals surface area contributed by atoms with Crippen molar-refractivity contribution in [1.29, 1.82) is 0 Å². The summed E-state index contributed by atoms with van der Waals surface area (Å²) in [5.74, 6) is -0.689. The summed E-state index contributed by atoms with van der Waals surface area (Å²) in [6.45, 7) is -0.257. The monoisotopic (exact) mass is 304 g/mol. The van der Waals surface area contributed by atoms with Crippen molar-refractivity contribution in [2.45, 2.75) is 11.4 Å². The first-order valence-corrected chi connectivity index (χ1v) is 7.81. The Labute approximate surface area is 124 Å². The summed E-state index contributed by atoms with van der Waals surface area (Å²) in [7, 11) is -3.76. The fraction of sp³-hybridized carbons (Fsp3) is 0.133. The van der Waals surface area contributed by atoms with Crippen LogP contribution in [0.2, 0.25) is 0 Å². The number of amides is 1. The Balaban J connectivity index is 2.34. The normalized spacial score (nSPS) is 11.5. The minimum Gasteiger partial charge on any atom is -0.369 e. The Hall–Kier alpha value is -2.18. The molecule has 0 bridgehead atoms. The molecule has 110 valence electrons. The smallest absolute Gasteiger partial charge is 0.243 e. The van der Waals surface area contributed by atoms with Crippen LogP contribution in [0.5, 0.6) is 0 Å².